The van der Waals surface area contributed by atoms with Crippen molar-refractivity contribution in [2.75, 3.05) is 24.4 Å². The Morgan fingerprint density at radius 2 is 1.52 bits per heavy atom. The van der Waals surface area contributed by atoms with Crippen molar-refractivity contribution in [2.45, 2.75) is 6.92 Å². The monoisotopic (exact) mass is 363 g/mol. The second-order valence-electron chi connectivity index (χ2n) is 5.70. The van der Waals surface area contributed by atoms with Crippen LogP contribution in [-0.4, -0.2) is 24.6 Å². The SMILES string of the molecule is CCOc1ccc(NC(=O)c2ccc(Nc3ccc(OC)cc3)cn2)cc1. The largest absolute Gasteiger partial charge is 0.497 e. The number of amides is 1. The first-order valence-corrected chi connectivity index (χ1v) is 8.59. The van der Waals surface area contributed by atoms with Crippen LogP contribution in [0.4, 0.5) is 17.1 Å². The fraction of sp³-hybridized carbons (Fsp3) is 0.143. The van der Waals surface area contributed by atoms with Crippen molar-refractivity contribution in [3.8, 4) is 11.5 Å². The van der Waals surface area contributed by atoms with Gasteiger partial charge in [0.1, 0.15) is 17.2 Å². The zero-order valence-corrected chi connectivity index (χ0v) is 15.2. The van der Waals surface area contributed by atoms with E-state index in [1.807, 2.05) is 49.4 Å². The number of nitrogens with zero attached hydrogens (tertiary/aromatic N) is 1. The van der Waals surface area contributed by atoms with Crippen LogP contribution in [0.5, 0.6) is 11.5 Å². The predicted molar refractivity (Wildman–Crippen MR) is 106 cm³/mol. The maximum absolute atomic E-state index is 12.3. The number of carbonyl (C=O) groups is 1. The lowest BCUT2D eigenvalue weighted by atomic mass is 10.2. The molecule has 27 heavy (non-hydrogen) atoms. The number of rotatable bonds is 7. The van der Waals surface area contributed by atoms with Crippen molar-refractivity contribution in [1.29, 1.82) is 0 Å². The van der Waals surface area contributed by atoms with Gasteiger partial charge in [0, 0.05) is 11.4 Å². The highest BCUT2D eigenvalue weighted by molar-refractivity contribution is 6.03. The average Bonchev–Trinajstić information content (AvgIpc) is 2.71. The first-order valence-electron chi connectivity index (χ1n) is 8.59. The minimum absolute atomic E-state index is 0.268. The third kappa shape index (κ3) is 4.98. The molecule has 0 fully saturated rings. The van der Waals surface area contributed by atoms with Crippen LogP contribution < -0.4 is 20.1 Å². The van der Waals surface area contributed by atoms with E-state index in [9.17, 15) is 4.79 Å². The van der Waals surface area contributed by atoms with Crippen LogP contribution in [0.25, 0.3) is 0 Å². The number of nitrogens with one attached hydrogen (secondary N) is 2. The summed E-state index contributed by atoms with van der Waals surface area (Å²) in [5.41, 5.74) is 2.72. The molecule has 0 aliphatic heterocycles. The molecule has 6 nitrogen and oxygen atoms in total. The van der Waals surface area contributed by atoms with E-state index in [0.29, 0.717) is 18.0 Å². The lowest BCUT2D eigenvalue weighted by molar-refractivity contribution is 0.102. The lowest BCUT2D eigenvalue weighted by Gasteiger charge is -2.09. The van der Waals surface area contributed by atoms with Crippen LogP contribution in [0.15, 0.2) is 66.9 Å². The Labute approximate surface area is 158 Å². The van der Waals surface area contributed by atoms with E-state index in [1.54, 1.807) is 31.5 Å². The summed E-state index contributed by atoms with van der Waals surface area (Å²) in [6.07, 6.45) is 1.62. The summed E-state index contributed by atoms with van der Waals surface area (Å²) in [6, 6.07) is 18.3. The molecule has 0 aliphatic carbocycles. The summed E-state index contributed by atoms with van der Waals surface area (Å²) in [6.45, 7) is 2.53. The van der Waals surface area contributed by atoms with Gasteiger partial charge in [0.15, 0.2) is 0 Å². The molecule has 3 rings (SSSR count). The van der Waals surface area contributed by atoms with E-state index in [2.05, 4.69) is 15.6 Å². The first-order chi connectivity index (χ1) is 13.2. The maximum atomic E-state index is 12.3. The molecule has 6 heteroatoms. The van der Waals surface area contributed by atoms with Gasteiger partial charge in [-0.3, -0.25) is 4.79 Å². The van der Waals surface area contributed by atoms with Crippen LogP contribution in [0, 0.1) is 0 Å². The minimum Gasteiger partial charge on any atom is -0.497 e. The van der Waals surface area contributed by atoms with Crippen LogP contribution in [0.3, 0.4) is 0 Å². The summed E-state index contributed by atoms with van der Waals surface area (Å²) in [5.74, 6) is 1.29. The number of hydrogen-bond donors (Lipinski definition) is 2. The molecule has 2 N–H and O–H groups in total. The molecule has 0 aliphatic rings. The van der Waals surface area contributed by atoms with Gasteiger partial charge in [-0.05, 0) is 67.6 Å². The second kappa shape index (κ2) is 8.71. The topological polar surface area (TPSA) is 72.5 Å². The van der Waals surface area contributed by atoms with Crippen LogP contribution in [-0.2, 0) is 0 Å². The number of methoxy groups -OCH3 is 1. The quantitative estimate of drug-likeness (QED) is 0.647. The zero-order valence-electron chi connectivity index (χ0n) is 15.2. The molecule has 0 saturated carbocycles. The van der Waals surface area contributed by atoms with Crippen LogP contribution in [0.1, 0.15) is 17.4 Å². The van der Waals surface area contributed by atoms with Gasteiger partial charge >= 0.3 is 0 Å². The van der Waals surface area contributed by atoms with Gasteiger partial charge in [-0.25, -0.2) is 4.98 Å². The number of carbonyl (C=O) groups excluding carboxylic acids is 1. The maximum Gasteiger partial charge on any atom is 0.274 e. The Balaban J connectivity index is 1.60. The molecule has 1 amide bonds. The summed E-state index contributed by atoms with van der Waals surface area (Å²) >= 11 is 0. The van der Waals surface area contributed by atoms with Crippen molar-refractivity contribution in [3.63, 3.8) is 0 Å². The molecule has 1 heterocycles. The molecule has 0 radical (unpaired) electrons. The van der Waals surface area contributed by atoms with Crippen LogP contribution >= 0.6 is 0 Å². The highest BCUT2D eigenvalue weighted by atomic mass is 16.5. The van der Waals surface area contributed by atoms with Gasteiger partial charge in [0.2, 0.25) is 0 Å². The van der Waals surface area contributed by atoms with E-state index in [1.165, 1.54) is 0 Å². The Morgan fingerprint density at radius 1 is 0.889 bits per heavy atom. The van der Waals surface area contributed by atoms with E-state index >= 15 is 0 Å². The molecule has 0 saturated heterocycles. The fourth-order valence-electron chi connectivity index (χ4n) is 2.44. The minimum atomic E-state index is -0.268. The molecule has 1 aromatic heterocycles. The first kappa shape index (κ1) is 18.3. The summed E-state index contributed by atoms with van der Waals surface area (Å²) in [4.78, 5) is 16.6. The second-order valence-corrected chi connectivity index (χ2v) is 5.70. The van der Waals surface area contributed by atoms with Crippen LogP contribution in [0.2, 0.25) is 0 Å². The van der Waals surface area contributed by atoms with Gasteiger partial charge in [-0.1, -0.05) is 0 Å². The molecule has 2 aromatic carbocycles. The van der Waals surface area contributed by atoms with Crippen molar-refractivity contribution in [3.05, 3.63) is 72.6 Å². The Hall–Kier alpha value is -3.54. The highest BCUT2D eigenvalue weighted by Crippen LogP contribution is 2.20. The van der Waals surface area contributed by atoms with Gasteiger partial charge < -0.3 is 20.1 Å². The van der Waals surface area contributed by atoms with Gasteiger partial charge in [0.05, 0.1) is 25.6 Å². The smallest absolute Gasteiger partial charge is 0.274 e. The molecule has 138 valence electrons. The standard InChI is InChI=1S/C21H21N3O3/c1-3-27-19-11-6-16(7-12-19)24-21(25)20-13-8-17(14-22-20)23-15-4-9-18(26-2)10-5-15/h4-14,23H,3H2,1-2H3,(H,24,25). The summed E-state index contributed by atoms with van der Waals surface area (Å²) in [5, 5.41) is 6.04. The number of anilines is 3. The van der Waals surface area contributed by atoms with E-state index in [-0.39, 0.29) is 5.91 Å². The molecular formula is C21H21N3O3. The van der Waals surface area contributed by atoms with Gasteiger partial charge in [-0.2, -0.15) is 0 Å². The molecule has 0 atom stereocenters. The lowest BCUT2D eigenvalue weighted by Crippen LogP contribution is -2.13. The Kier molecular flexibility index (Phi) is 5.89. The highest BCUT2D eigenvalue weighted by Gasteiger charge is 2.08. The summed E-state index contributed by atoms with van der Waals surface area (Å²) in [7, 11) is 1.63. The summed E-state index contributed by atoms with van der Waals surface area (Å²) < 4.78 is 10.5. The number of ether oxygens (including phenoxy) is 2. The fourth-order valence-corrected chi connectivity index (χ4v) is 2.44. The number of hydrogen-bond acceptors (Lipinski definition) is 5. The molecule has 0 bridgehead atoms. The van der Waals surface area contributed by atoms with Crippen molar-refractivity contribution in [2.24, 2.45) is 0 Å². The number of benzene rings is 2. The molecular weight excluding hydrogens is 342 g/mol. The molecule has 0 spiro atoms. The van der Waals surface area contributed by atoms with E-state index in [4.69, 9.17) is 9.47 Å². The molecule has 0 unspecified atom stereocenters. The van der Waals surface area contributed by atoms with E-state index in [0.717, 1.165) is 22.9 Å². The third-order valence-electron chi connectivity index (χ3n) is 3.80. The normalized spacial score (nSPS) is 10.1. The third-order valence-corrected chi connectivity index (χ3v) is 3.80. The van der Waals surface area contributed by atoms with E-state index < -0.39 is 0 Å². The number of pyridine rings is 1. The van der Waals surface area contributed by atoms with Gasteiger partial charge in [-0.15, -0.1) is 0 Å². The Morgan fingerprint density at radius 3 is 2.11 bits per heavy atom. The Bertz CT molecular complexity index is 876. The zero-order chi connectivity index (χ0) is 19.1. The average molecular weight is 363 g/mol. The number of aromatic nitrogens is 1. The van der Waals surface area contributed by atoms with Crippen molar-refractivity contribution in [1.82, 2.24) is 4.98 Å². The molecule has 3 aromatic rings. The van der Waals surface area contributed by atoms with Crippen molar-refractivity contribution < 1.29 is 14.3 Å². The van der Waals surface area contributed by atoms with Crippen molar-refractivity contribution >= 4 is 23.0 Å². The van der Waals surface area contributed by atoms with Gasteiger partial charge in [0.25, 0.3) is 5.91 Å². The predicted octanol–water partition coefficient (Wildman–Crippen LogP) is 4.48.